The van der Waals surface area contributed by atoms with Gasteiger partial charge in [-0.1, -0.05) is 6.92 Å². The normalized spacial score (nSPS) is 14.3. The molecule has 2 aromatic rings. The highest BCUT2D eigenvalue weighted by atomic mass is 15.3. The molecule has 0 radical (unpaired) electrons. The Balaban J connectivity index is 1.63. The maximum Gasteiger partial charge on any atom is 0.152 e. The first-order valence-corrected chi connectivity index (χ1v) is 7.02. The molecule has 1 aliphatic rings. The van der Waals surface area contributed by atoms with Crippen molar-refractivity contribution in [2.45, 2.75) is 33.0 Å². The third kappa shape index (κ3) is 2.77. The summed E-state index contributed by atoms with van der Waals surface area (Å²) in [5.41, 5.74) is 0.974. The molecule has 0 fully saturated rings. The van der Waals surface area contributed by atoms with Crippen LogP contribution in [0.2, 0.25) is 0 Å². The molecule has 7 nitrogen and oxygen atoms in total. The van der Waals surface area contributed by atoms with Crippen LogP contribution < -0.4 is 10.2 Å². The maximum absolute atomic E-state index is 4.32. The molecule has 20 heavy (non-hydrogen) atoms. The van der Waals surface area contributed by atoms with E-state index >= 15 is 0 Å². The summed E-state index contributed by atoms with van der Waals surface area (Å²) in [5, 5.41) is 20.0. The number of nitrogens with one attached hydrogen (secondary N) is 1. The lowest BCUT2D eigenvalue weighted by Gasteiger charge is -2.27. The minimum Gasteiger partial charge on any atom is -0.346 e. The molecule has 1 aliphatic heterocycles. The smallest absolute Gasteiger partial charge is 0.152 e. The van der Waals surface area contributed by atoms with E-state index in [1.807, 2.05) is 12.1 Å². The van der Waals surface area contributed by atoms with Crippen LogP contribution in [-0.2, 0) is 19.6 Å². The Morgan fingerprint density at radius 3 is 2.95 bits per heavy atom. The molecule has 0 saturated carbocycles. The van der Waals surface area contributed by atoms with Crippen LogP contribution in [0, 0.1) is 0 Å². The number of aromatic nitrogens is 5. The molecule has 0 aromatic carbocycles. The monoisotopic (exact) mass is 273 g/mol. The van der Waals surface area contributed by atoms with Crippen LogP contribution in [0.15, 0.2) is 18.5 Å². The Morgan fingerprint density at radius 1 is 1.20 bits per heavy atom. The summed E-state index contributed by atoms with van der Waals surface area (Å²) in [6, 6.07) is 4.06. The molecule has 0 bridgehead atoms. The van der Waals surface area contributed by atoms with Crippen molar-refractivity contribution < 1.29 is 0 Å². The summed E-state index contributed by atoms with van der Waals surface area (Å²) in [6.45, 7) is 6.47. The predicted octanol–water partition coefficient (Wildman–Crippen LogP) is 0.588. The largest absolute Gasteiger partial charge is 0.346 e. The van der Waals surface area contributed by atoms with Crippen LogP contribution in [0.1, 0.15) is 24.9 Å². The fourth-order valence-electron chi connectivity index (χ4n) is 2.27. The van der Waals surface area contributed by atoms with Crippen LogP contribution in [0.25, 0.3) is 0 Å². The van der Waals surface area contributed by atoms with Gasteiger partial charge in [0, 0.05) is 19.6 Å². The van der Waals surface area contributed by atoms with Gasteiger partial charge in [0.25, 0.3) is 0 Å². The van der Waals surface area contributed by atoms with Gasteiger partial charge < -0.3 is 14.8 Å². The topological polar surface area (TPSA) is 71.8 Å². The first-order valence-electron chi connectivity index (χ1n) is 7.02. The van der Waals surface area contributed by atoms with Gasteiger partial charge in [-0.25, -0.2) is 0 Å². The fraction of sp³-hybridized carbons (Fsp3) is 0.538. The molecule has 1 N–H and O–H groups in total. The van der Waals surface area contributed by atoms with Crippen molar-refractivity contribution in [3.05, 3.63) is 30.0 Å². The quantitative estimate of drug-likeness (QED) is 0.804. The van der Waals surface area contributed by atoms with E-state index in [4.69, 9.17) is 0 Å². The molecule has 106 valence electrons. The second kappa shape index (κ2) is 5.96. The molecular formula is C13H19N7. The van der Waals surface area contributed by atoms with Gasteiger partial charge in [0.15, 0.2) is 11.6 Å². The van der Waals surface area contributed by atoms with Gasteiger partial charge in [0.1, 0.15) is 6.33 Å². The molecule has 7 heteroatoms. The molecule has 0 atom stereocenters. The van der Waals surface area contributed by atoms with Crippen LogP contribution >= 0.6 is 0 Å². The van der Waals surface area contributed by atoms with Crippen LogP contribution in [-0.4, -0.2) is 38.1 Å². The third-order valence-electron chi connectivity index (χ3n) is 3.40. The molecule has 0 amide bonds. The van der Waals surface area contributed by atoms with Gasteiger partial charge in [-0.2, -0.15) is 5.10 Å². The van der Waals surface area contributed by atoms with Crippen molar-refractivity contribution in [3.63, 3.8) is 0 Å². The van der Waals surface area contributed by atoms with Crippen LogP contribution in [0.4, 0.5) is 5.82 Å². The zero-order valence-electron chi connectivity index (χ0n) is 11.7. The SMILES string of the molecule is CCCNCc1ccc(N2CCn3cnnc3C2)nn1. The highest BCUT2D eigenvalue weighted by Gasteiger charge is 2.18. The minimum atomic E-state index is 0.738. The van der Waals surface area contributed by atoms with E-state index in [0.717, 1.165) is 56.5 Å². The van der Waals surface area contributed by atoms with Crippen molar-refractivity contribution in [3.8, 4) is 0 Å². The number of anilines is 1. The van der Waals surface area contributed by atoms with Gasteiger partial charge >= 0.3 is 0 Å². The molecule has 3 heterocycles. The zero-order valence-corrected chi connectivity index (χ0v) is 11.7. The van der Waals surface area contributed by atoms with E-state index < -0.39 is 0 Å². The predicted molar refractivity (Wildman–Crippen MR) is 75.1 cm³/mol. The Morgan fingerprint density at radius 2 is 2.15 bits per heavy atom. The summed E-state index contributed by atoms with van der Waals surface area (Å²) in [7, 11) is 0. The molecule has 0 unspecified atom stereocenters. The molecule has 3 rings (SSSR count). The Bertz CT molecular complexity index is 548. The number of hydrogen-bond donors (Lipinski definition) is 1. The lowest BCUT2D eigenvalue weighted by Crippen LogP contribution is -2.34. The molecular weight excluding hydrogens is 254 g/mol. The average Bonchev–Trinajstić information content (AvgIpc) is 2.96. The second-order valence-electron chi connectivity index (χ2n) is 4.92. The summed E-state index contributed by atoms with van der Waals surface area (Å²) < 4.78 is 2.08. The Hall–Kier alpha value is -2.02. The van der Waals surface area contributed by atoms with Gasteiger partial charge in [0.2, 0.25) is 0 Å². The van der Waals surface area contributed by atoms with E-state index in [1.54, 1.807) is 6.33 Å². The number of rotatable bonds is 5. The van der Waals surface area contributed by atoms with Crippen molar-refractivity contribution in [2.75, 3.05) is 18.0 Å². The summed E-state index contributed by atoms with van der Waals surface area (Å²) in [4.78, 5) is 2.18. The summed E-state index contributed by atoms with van der Waals surface area (Å²) in [5.74, 6) is 1.88. The van der Waals surface area contributed by atoms with E-state index in [2.05, 4.69) is 42.1 Å². The number of fused-ring (bicyclic) bond motifs is 1. The van der Waals surface area contributed by atoms with Gasteiger partial charge in [0.05, 0.1) is 12.2 Å². The van der Waals surface area contributed by atoms with Crippen molar-refractivity contribution >= 4 is 5.82 Å². The number of nitrogens with zero attached hydrogens (tertiary/aromatic N) is 6. The van der Waals surface area contributed by atoms with E-state index in [9.17, 15) is 0 Å². The first kappa shape index (κ1) is 13.0. The van der Waals surface area contributed by atoms with Gasteiger partial charge in [-0.15, -0.1) is 15.3 Å². The highest BCUT2D eigenvalue weighted by molar-refractivity contribution is 5.38. The van der Waals surface area contributed by atoms with Gasteiger partial charge in [-0.05, 0) is 25.1 Å². The van der Waals surface area contributed by atoms with Crippen LogP contribution in [0.3, 0.4) is 0 Å². The Labute approximate surface area is 118 Å². The minimum absolute atomic E-state index is 0.738. The van der Waals surface area contributed by atoms with Gasteiger partial charge in [-0.3, -0.25) is 0 Å². The summed E-state index contributed by atoms with van der Waals surface area (Å²) in [6.07, 6.45) is 2.90. The van der Waals surface area contributed by atoms with Crippen LogP contribution in [0.5, 0.6) is 0 Å². The highest BCUT2D eigenvalue weighted by Crippen LogP contribution is 2.16. The van der Waals surface area contributed by atoms with Crippen molar-refractivity contribution in [1.29, 1.82) is 0 Å². The molecule has 2 aromatic heterocycles. The van der Waals surface area contributed by atoms with E-state index in [1.165, 1.54) is 0 Å². The fourth-order valence-corrected chi connectivity index (χ4v) is 2.27. The first-order chi connectivity index (χ1) is 9.86. The summed E-state index contributed by atoms with van der Waals surface area (Å²) >= 11 is 0. The number of hydrogen-bond acceptors (Lipinski definition) is 6. The Kier molecular flexibility index (Phi) is 3.87. The van der Waals surface area contributed by atoms with E-state index in [0.29, 0.717) is 0 Å². The average molecular weight is 273 g/mol. The molecule has 0 aliphatic carbocycles. The molecule has 0 saturated heterocycles. The lowest BCUT2D eigenvalue weighted by atomic mass is 10.3. The zero-order chi connectivity index (χ0) is 13.8. The molecule has 0 spiro atoms. The maximum atomic E-state index is 4.32. The second-order valence-corrected chi connectivity index (χ2v) is 4.92. The lowest BCUT2D eigenvalue weighted by molar-refractivity contribution is 0.553. The third-order valence-corrected chi connectivity index (χ3v) is 3.40. The van der Waals surface area contributed by atoms with Crippen molar-refractivity contribution in [1.82, 2.24) is 30.3 Å². The standard InChI is InChI=1S/C13H19N7/c1-2-5-14-8-11-3-4-12(18-16-11)19-6-7-20-10-15-17-13(20)9-19/h3-4,10,14H,2,5-9H2,1H3. The van der Waals surface area contributed by atoms with Crippen molar-refractivity contribution in [2.24, 2.45) is 0 Å². The van der Waals surface area contributed by atoms with E-state index in [-0.39, 0.29) is 0 Å².